The van der Waals surface area contributed by atoms with Gasteiger partial charge in [-0.1, -0.05) is 13.8 Å². The van der Waals surface area contributed by atoms with E-state index >= 15 is 0 Å². The highest BCUT2D eigenvalue weighted by molar-refractivity contribution is 6.27. The highest BCUT2D eigenvalue weighted by Crippen LogP contribution is 2.49. The molecular weight excluding hydrogens is 344 g/mol. The van der Waals surface area contributed by atoms with Gasteiger partial charge < -0.3 is 9.64 Å². The number of carbonyl (C=O) groups excluding carboxylic acids is 3. The number of nitrogens with zero attached hydrogens (tertiary/aromatic N) is 2. The van der Waals surface area contributed by atoms with Crippen molar-refractivity contribution < 1.29 is 19.1 Å². The van der Waals surface area contributed by atoms with Gasteiger partial charge in [-0.3, -0.25) is 9.59 Å². The molecule has 2 heterocycles. The Morgan fingerprint density at radius 1 is 1.30 bits per heavy atom. The van der Waals surface area contributed by atoms with Gasteiger partial charge in [-0.05, 0) is 41.5 Å². The molecule has 0 bridgehead atoms. The molecule has 0 spiro atoms. The lowest BCUT2D eigenvalue weighted by Crippen LogP contribution is -2.36. The maximum Gasteiger partial charge on any atom is 0.337 e. The molecule has 27 heavy (non-hydrogen) atoms. The first-order valence-corrected chi connectivity index (χ1v) is 9.00. The molecule has 0 radical (unpaired) electrons. The van der Waals surface area contributed by atoms with Gasteiger partial charge in [0.1, 0.15) is 5.92 Å². The zero-order chi connectivity index (χ0) is 19.5. The molecular formula is C21H20N2O4. The predicted octanol–water partition coefficient (Wildman–Crippen LogP) is 2.66. The third-order valence-electron chi connectivity index (χ3n) is 5.65. The molecule has 1 aromatic rings. The van der Waals surface area contributed by atoms with Crippen LogP contribution in [-0.4, -0.2) is 31.3 Å². The number of ether oxygens (including phenoxy) is 1. The number of hydrogen-bond acceptors (Lipinski definition) is 5. The molecule has 0 saturated heterocycles. The lowest BCUT2D eigenvalue weighted by atomic mass is 9.69. The van der Waals surface area contributed by atoms with E-state index in [2.05, 4.69) is 6.07 Å². The average Bonchev–Trinajstić information content (AvgIpc) is 3.00. The molecule has 2 aliphatic heterocycles. The highest BCUT2D eigenvalue weighted by Gasteiger charge is 2.45. The number of allylic oxidation sites excluding steroid dienone is 1. The summed E-state index contributed by atoms with van der Waals surface area (Å²) in [5.41, 5.74) is 3.18. The Hall–Kier alpha value is -2.94. The number of fused-ring (bicyclic) bond motifs is 1. The van der Waals surface area contributed by atoms with Crippen molar-refractivity contribution in [2.45, 2.75) is 33.1 Å². The molecule has 0 N–H and O–H groups in total. The molecule has 0 saturated carbocycles. The smallest absolute Gasteiger partial charge is 0.337 e. The number of Topliss-reactive ketones (excluding diaryl/α,β-unsaturated/α-hetero) is 1. The Kier molecular flexibility index (Phi) is 3.74. The fraction of sp³-hybridized carbons (Fsp3) is 0.429. The third kappa shape index (κ3) is 2.49. The first-order valence-electron chi connectivity index (χ1n) is 9.00. The van der Waals surface area contributed by atoms with E-state index in [0.717, 1.165) is 5.56 Å². The Morgan fingerprint density at radius 2 is 2.04 bits per heavy atom. The molecule has 1 unspecified atom stereocenters. The van der Waals surface area contributed by atoms with Crippen LogP contribution < -0.4 is 4.90 Å². The van der Waals surface area contributed by atoms with Crippen molar-refractivity contribution in [3.8, 4) is 6.07 Å². The molecule has 1 aromatic carbocycles. The highest BCUT2D eigenvalue weighted by atomic mass is 16.5. The normalized spacial score (nSPS) is 22.7. The number of carbonyl (C=O) groups is 3. The van der Waals surface area contributed by atoms with Crippen LogP contribution in [0.1, 0.15) is 48.2 Å². The summed E-state index contributed by atoms with van der Waals surface area (Å²) in [6.45, 7) is 4.39. The van der Waals surface area contributed by atoms with Crippen molar-refractivity contribution in [3.05, 3.63) is 34.4 Å². The van der Waals surface area contributed by atoms with E-state index in [4.69, 9.17) is 4.74 Å². The van der Waals surface area contributed by atoms with Crippen LogP contribution in [0.2, 0.25) is 0 Å². The second kappa shape index (κ2) is 5.78. The van der Waals surface area contributed by atoms with Crippen LogP contribution in [0, 0.1) is 22.7 Å². The van der Waals surface area contributed by atoms with Crippen LogP contribution in [0.25, 0.3) is 5.57 Å². The number of amides is 1. The third-order valence-corrected chi connectivity index (χ3v) is 5.65. The van der Waals surface area contributed by atoms with Crippen LogP contribution in [0.3, 0.4) is 0 Å². The number of nitriles is 1. The molecule has 138 valence electrons. The van der Waals surface area contributed by atoms with Crippen LogP contribution >= 0.6 is 0 Å². The van der Waals surface area contributed by atoms with E-state index in [-0.39, 0.29) is 17.1 Å². The zero-order valence-electron chi connectivity index (χ0n) is 15.6. The minimum atomic E-state index is -0.969. The number of methoxy groups -OCH3 is 1. The fourth-order valence-corrected chi connectivity index (χ4v) is 4.57. The Labute approximate surface area is 157 Å². The minimum absolute atomic E-state index is 0.0766. The van der Waals surface area contributed by atoms with Gasteiger partial charge in [0.2, 0.25) is 5.91 Å². The predicted molar refractivity (Wildman–Crippen MR) is 97.9 cm³/mol. The summed E-state index contributed by atoms with van der Waals surface area (Å²) in [5, 5.41) is 9.75. The van der Waals surface area contributed by atoms with Crippen molar-refractivity contribution in [2.24, 2.45) is 11.3 Å². The van der Waals surface area contributed by atoms with Gasteiger partial charge in [-0.2, -0.15) is 5.26 Å². The second-order valence-corrected chi connectivity index (χ2v) is 8.17. The molecule has 6 heteroatoms. The van der Waals surface area contributed by atoms with E-state index in [1.165, 1.54) is 7.11 Å². The van der Waals surface area contributed by atoms with Gasteiger partial charge in [0.05, 0.1) is 24.4 Å². The lowest BCUT2D eigenvalue weighted by Gasteiger charge is -2.33. The van der Waals surface area contributed by atoms with Gasteiger partial charge in [-0.15, -0.1) is 0 Å². The monoisotopic (exact) mass is 364 g/mol. The topological polar surface area (TPSA) is 87.5 Å². The molecule has 6 nitrogen and oxygen atoms in total. The summed E-state index contributed by atoms with van der Waals surface area (Å²) >= 11 is 0. The quantitative estimate of drug-likeness (QED) is 0.715. The summed E-state index contributed by atoms with van der Waals surface area (Å²) in [4.78, 5) is 40.0. The van der Waals surface area contributed by atoms with E-state index in [9.17, 15) is 19.6 Å². The van der Waals surface area contributed by atoms with Crippen LogP contribution in [-0.2, 0) is 20.7 Å². The molecule has 0 fully saturated rings. The Balaban J connectivity index is 2.06. The standard InChI is InChI=1S/C21H20N2O4/c1-21(2)8-14-15(10-22)19(25)23-5-4-11-6-12(20(26)27-3)7-13(18(11)23)17(14)16(24)9-21/h6-7,15H,4-5,8-9H2,1-3H3. The van der Waals surface area contributed by atoms with E-state index in [1.54, 1.807) is 17.0 Å². The molecule has 1 amide bonds. The van der Waals surface area contributed by atoms with Crippen LogP contribution in [0.4, 0.5) is 5.69 Å². The number of benzene rings is 1. The van der Waals surface area contributed by atoms with Crippen molar-refractivity contribution in [1.29, 1.82) is 5.26 Å². The van der Waals surface area contributed by atoms with Gasteiger partial charge in [0.15, 0.2) is 5.78 Å². The minimum Gasteiger partial charge on any atom is -0.465 e. The number of hydrogen-bond donors (Lipinski definition) is 0. The van der Waals surface area contributed by atoms with Gasteiger partial charge in [0.25, 0.3) is 0 Å². The molecule has 1 atom stereocenters. The summed E-state index contributed by atoms with van der Waals surface area (Å²) in [6, 6.07) is 5.49. The molecule has 1 aliphatic carbocycles. The largest absolute Gasteiger partial charge is 0.465 e. The summed E-state index contributed by atoms with van der Waals surface area (Å²) < 4.78 is 4.86. The lowest BCUT2D eigenvalue weighted by molar-refractivity contribution is -0.119. The molecule has 0 aromatic heterocycles. The van der Waals surface area contributed by atoms with E-state index in [1.807, 2.05) is 13.8 Å². The average molecular weight is 364 g/mol. The maximum absolute atomic E-state index is 13.1. The summed E-state index contributed by atoms with van der Waals surface area (Å²) in [6.07, 6.45) is 1.43. The molecule has 4 rings (SSSR count). The van der Waals surface area contributed by atoms with Gasteiger partial charge in [0, 0.05) is 24.1 Å². The second-order valence-electron chi connectivity index (χ2n) is 8.17. The van der Waals surface area contributed by atoms with Crippen molar-refractivity contribution in [3.63, 3.8) is 0 Å². The number of anilines is 1. The number of rotatable bonds is 1. The van der Waals surface area contributed by atoms with Crippen molar-refractivity contribution in [1.82, 2.24) is 0 Å². The van der Waals surface area contributed by atoms with Gasteiger partial charge in [-0.25, -0.2) is 4.79 Å². The Bertz CT molecular complexity index is 981. The number of ketones is 1. The first kappa shape index (κ1) is 17.5. The van der Waals surface area contributed by atoms with Crippen molar-refractivity contribution >= 4 is 28.9 Å². The van der Waals surface area contributed by atoms with Crippen LogP contribution in [0.15, 0.2) is 17.7 Å². The van der Waals surface area contributed by atoms with Gasteiger partial charge >= 0.3 is 5.97 Å². The maximum atomic E-state index is 13.1. The number of esters is 1. The van der Waals surface area contributed by atoms with E-state index in [0.29, 0.717) is 53.8 Å². The van der Waals surface area contributed by atoms with Crippen molar-refractivity contribution in [2.75, 3.05) is 18.6 Å². The van der Waals surface area contributed by atoms with Crippen LogP contribution in [0.5, 0.6) is 0 Å². The Morgan fingerprint density at radius 3 is 2.70 bits per heavy atom. The fourth-order valence-electron chi connectivity index (χ4n) is 4.57. The van der Waals surface area contributed by atoms with E-state index < -0.39 is 11.9 Å². The summed E-state index contributed by atoms with van der Waals surface area (Å²) in [5.74, 6) is -1.81. The zero-order valence-corrected chi connectivity index (χ0v) is 15.6. The first-order chi connectivity index (χ1) is 12.8. The summed E-state index contributed by atoms with van der Waals surface area (Å²) in [7, 11) is 1.31. The molecule has 3 aliphatic rings. The SMILES string of the molecule is COC(=O)c1cc2c3c(c1)C1=C(CC(C)(C)CC1=O)C(C#N)C(=O)N3CC2.